The van der Waals surface area contributed by atoms with E-state index in [9.17, 15) is 13.2 Å². The summed E-state index contributed by atoms with van der Waals surface area (Å²) in [5.74, 6) is 0. The highest BCUT2D eigenvalue weighted by atomic mass is 35.5. The van der Waals surface area contributed by atoms with E-state index in [4.69, 9.17) is 17.3 Å². The number of alkyl halides is 3. The number of benzene rings is 1. The second-order valence-electron chi connectivity index (χ2n) is 4.46. The van der Waals surface area contributed by atoms with Crippen LogP contribution in [0.2, 0.25) is 5.02 Å². The van der Waals surface area contributed by atoms with Crippen molar-refractivity contribution < 1.29 is 13.2 Å². The predicted octanol–water partition coefficient (Wildman–Crippen LogP) is 3.57. The monoisotopic (exact) mass is 294 g/mol. The van der Waals surface area contributed by atoms with Crippen molar-refractivity contribution in [2.45, 2.75) is 32.6 Å². The topological polar surface area (TPSA) is 29.3 Å². The average molecular weight is 295 g/mol. The van der Waals surface area contributed by atoms with Crippen LogP contribution in [0, 0.1) is 0 Å². The lowest BCUT2D eigenvalue weighted by atomic mass is 10.1. The molecule has 0 aliphatic heterocycles. The molecule has 0 saturated heterocycles. The fraction of sp³-hybridized carbons (Fsp3) is 0.538. The van der Waals surface area contributed by atoms with Crippen molar-refractivity contribution in [1.29, 1.82) is 0 Å². The zero-order valence-electron chi connectivity index (χ0n) is 10.8. The van der Waals surface area contributed by atoms with E-state index in [0.29, 0.717) is 30.1 Å². The molecule has 0 aliphatic rings. The zero-order chi connectivity index (χ0) is 14.5. The molecule has 0 amide bonds. The number of nitrogens with two attached hydrogens (primary N) is 1. The van der Waals surface area contributed by atoms with Crippen LogP contribution in [0.4, 0.5) is 13.2 Å². The van der Waals surface area contributed by atoms with Gasteiger partial charge in [0.15, 0.2) is 0 Å². The maximum absolute atomic E-state index is 12.5. The third-order valence-corrected chi connectivity index (χ3v) is 3.04. The molecule has 0 radical (unpaired) electrons. The summed E-state index contributed by atoms with van der Waals surface area (Å²) < 4.78 is 37.4. The number of hydrogen-bond acceptors (Lipinski definition) is 2. The number of nitrogens with zero attached hydrogens (tertiary/aromatic N) is 1. The first kappa shape index (κ1) is 16.3. The van der Waals surface area contributed by atoms with Crippen molar-refractivity contribution in [2.75, 3.05) is 13.1 Å². The molecule has 0 atom stereocenters. The Bertz CT molecular complexity index is 407. The van der Waals surface area contributed by atoms with Crippen LogP contribution in [-0.4, -0.2) is 24.2 Å². The van der Waals surface area contributed by atoms with Crippen molar-refractivity contribution in [1.82, 2.24) is 4.90 Å². The second-order valence-corrected chi connectivity index (χ2v) is 4.86. The largest absolute Gasteiger partial charge is 0.401 e. The van der Waals surface area contributed by atoms with Crippen LogP contribution < -0.4 is 5.73 Å². The fourth-order valence-corrected chi connectivity index (χ4v) is 2.13. The van der Waals surface area contributed by atoms with Gasteiger partial charge in [-0.1, -0.05) is 30.7 Å². The van der Waals surface area contributed by atoms with Crippen LogP contribution >= 0.6 is 11.6 Å². The van der Waals surface area contributed by atoms with Crippen LogP contribution in [0.3, 0.4) is 0 Å². The predicted molar refractivity (Wildman–Crippen MR) is 71.0 cm³/mol. The molecule has 0 aliphatic carbocycles. The first-order chi connectivity index (χ1) is 8.85. The van der Waals surface area contributed by atoms with Gasteiger partial charge in [0.05, 0.1) is 6.54 Å². The highest BCUT2D eigenvalue weighted by Gasteiger charge is 2.30. The number of halogens is 4. The molecule has 0 aromatic heterocycles. The Labute approximate surface area is 116 Å². The van der Waals surface area contributed by atoms with Crippen molar-refractivity contribution in [2.24, 2.45) is 5.73 Å². The average Bonchev–Trinajstić information content (AvgIpc) is 2.30. The summed E-state index contributed by atoms with van der Waals surface area (Å²) in [5, 5.41) is 0.464. The van der Waals surface area contributed by atoms with E-state index < -0.39 is 12.7 Å². The Balaban J connectivity index is 2.78. The molecule has 0 bridgehead atoms. The molecular formula is C13H18ClF3N2. The van der Waals surface area contributed by atoms with E-state index in [2.05, 4.69) is 0 Å². The van der Waals surface area contributed by atoms with Crippen molar-refractivity contribution in [3.05, 3.63) is 34.3 Å². The van der Waals surface area contributed by atoms with Crippen LogP contribution in [0.25, 0.3) is 0 Å². The third-order valence-electron chi connectivity index (χ3n) is 2.69. The highest BCUT2D eigenvalue weighted by Crippen LogP contribution is 2.22. The lowest BCUT2D eigenvalue weighted by Crippen LogP contribution is -2.34. The minimum Gasteiger partial charge on any atom is -0.326 e. The maximum atomic E-state index is 12.5. The van der Waals surface area contributed by atoms with Gasteiger partial charge in [0, 0.05) is 18.1 Å². The molecule has 0 fully saturated rings. The summed E-state index contributed by atoms with van der Waals surface area (Å²) in [6.07, 6.45) is -3.53. The minimum absolute atomic E-state index is 0.192. The quantitative estimate of drug-likeness (QED) is 0.869. The molecule has 6 heteroatoms. The summed E-state index contributed by atoms with van der Waals surface area (Å²) in [5.41, 5.74) is 7.04. The summed E-state index contributed by atoms with van der Waals surface area (Å²) in [6, 6.07) is 5.23. The Hall–Kier alpha value is -0.780. The Kier molecular flexibility index (Phi) is 6.10. The van der Waals surface area contributed by atoms with Crippen LogP contribution in [0.1, 0.15) is 24.5 Å². The van der Waals surface area contributed by atoms with Gasteiger partial charge in [0.25, 0.3) is 0 Å². The van der Waals surface area contributed by atoms with Crippen LogP contribution in [0.15, 0.2) is 18.2 Å². The minimum atomic E-state index is -4.20. The standard InChI is InChI=1S/C13H18ClF3N2/c1-2-5-19(9-13(15,16)17)8-11-4-3-10(7-18)6-12(11)14/h3-4,6H,2,5,7-9,18H2,1H3. The van der Waals surface area contributed by atoms with Gasteiger partial charge in [-0.3, -0.25) is 4.90 Å². The van der Waals surface area contributed by atoms with Crippen LogP contribution in [-0.2, 0) is 13.1 Å². The zero-order valence-corrected chi connectivity index (χ0v) is 11.6. The van der Waals surface area contributed by atoms with E-state index in [0.717, 1.165) is 5.56 Å². The first-order valence-corrected chi connectivity index (χ1v) is 6.50. The van der Waals surface area contributed by atoms with E-state index >= 15 is 0 Å². The third kappa shape index (κ3) is 5.80. The van der Waals surface area contributed by atoms with Gasteiger partial charge in [-0.05, 0) is 30.2 Å². The van der Waals surface area contributed by atoms with Crippen LogP contribution in [0.5, 0.6) is 0 Å². The summed E-state index contributed by atoms with van der Waals surface area (Å²) in [7, 11) is 0. The van der Waals surface area contributed by atoms with Crippen molar-refractivity contribution in [3.8, 4) is 0 Å². The fourth-order valence-electron chi connectivity index (χ4n) is 1.87. The number of hydrogen-bond donors (Lipinski definition) is 1. The molecule has 2 N–H and O–H groups in total. The molecule has 1 aromatic rings. The smallest absolute Gasteiger partial charge is 0.326 e. The van der Waals surface area contributed by atoms with Gasteiger partial charge in [0.1, 0.15) is 0 Å². The Morgan fingerprint density at radius 3 is 2.47 bits per heavy atom. The Morgan fingerprint density at radius 2 is 2.00 bits per heavy atom. The Morgan fingerprint density at radius 1 is 1.32 bits per heavy atom. The molecule has 1 aromatic carbocycles. The molecule has 0 heterocycles. The van der Waals surface area contributed by atoms with Gasteiger partial charge in [-0.15, -0.1) is 0 Å². The van der Waals surface area contributed by atoms with E-state index in [1.807, 2.05) is 6.92 Å². The van der Waals surface area contributed by atoms with Gasteiger partial charge in [-0.25, -0.2) is 0 Å². The summed E-state index contributed by atoms with van der Waals surface area (Å²) >= 11 is 6.06. The normalized spacial score (nSPS) is 12.2. The number of rotatable bonds is 6. The SMILES string of the molecule is CCCN(Cc1ccc(CN)cc1Cl)CC(F)(F)F. The highest BCUT2D eigenvalue weighted by molar-refractivity contribution is 6.31. The second kappa shape index (κ2) is 7.12. The van der Waals surface area contributed by atoms with Gasteiger partial charge < -0.3 is 5.73 Å². The molecule has 0 unspecified atom stereocenters. The van der Waals surface area contributed by atoms with Gasteiger partial charge in [-0.2, -0.15) is 13.2 Å². The molecular weight excluding hydrogens is 277 g/mol. The molecule has 108 valence electrons. The molecule has 2 nitrogen and oxygen atoms in total. The summed E-state index contributed by atoms with van der Waals surface area (Å²) in [4.78, 5) is 1.35. The van der Waals surface area contributed by atoms with E-state index in [1.54, 1.807) is 18.2 Å². The molecule has 0 spiro atoms. The summed E-state index contributed by atoms with van der Waals surface area (Å²) in [6.45, 7) is 1.87. The van der Waals surface area contributed by atoms with Gasteiger partial charge in [0.2, 0.25) is 0 Å². The lowest BCUT2D eigenvalue weighted by Gasteiger charge is -2.23. The molecule has 1 rings (SSSR count). The van der Waals surface area contributed by atoms with E-state index in [-0.39, 0.29) is 6.54 Å². The molecule has 0 saturated carbocycles. The first-order valence-electron chi connectivity index (χ1n) is 6.12. The molecule has 19 heavy (non-hydrogen) atoms. The van der Waals surface area contributed by atoms with Gasteiger partial charge >= 0.3 is 6.18 Å². The van der Waals surface area contributed by atoms with Crippen molar-refractivity contribution in [3.63, 3.8) is 0 Å². The lowest BCUT2D eigenvalue weighted by molar-refractivity contribution is -0.147. The van der Waals surface area contributed by atoms with E-state index in [1.165, 1.54) is 4.90 Å². The van der Waals surface area contributed by atoms with Crippen molar-refractivity contribution >= 4 is 11.6 Å². The maximum Gasteiger partial charge on any atom is 0.401 e.